The molecule has 0 aliphatic carbocycles. The molecule has 0 aliphatic rings. The molecule has 206 valence electrons. The van der Waals surface area contributed by atoms with Crippen molar-refractivity contribution in [1.29, 1.82) is 10.5 Å². The van der Waals surface area contributed by atoms with E-state index >= 15 is 0 Å². The van der Waals surface area contributed by atoms with Crippen molar-refractivity contribution >= 4 is 42.6 Å². The largest absolute Gasteiger partial charge is 0.302 e. The summed E-state index contributed by atoms with van der Waals surface area (Å²) in [6, 6.07) is 15.8. The lowest BCUT2D eigenvalue weighted by molar-refractivity contribution is 0.0983. The summed E-state index contributed by atoms with van der Waals surface area (Å²) in [7, 11) is -3.92. The molecular weight excluding hydrogens is 532 g/mol. The lowest BCUT2D eigenvalue weighted by Gasteiger charge is -2.25. The molecule has 0 saturated heterocycles. The normalized spacial score (nSPS) is 11.6. The summed E-state index contributed by atoms with van der Waals surface area (Å²) in [6.45, 7) is 9.09. The molecule has 9 nitrogen and oxygen atoms in total. The van der Waals surface area contributed by atoms with Gasteiger partial charge in [-0.1, -0.05) is 38.2 Å². The average molecular weight is 567 g/mol. The van der Waals surface area contributed by atoms with Crippen molar-refractivity contribution < 1.29 is 13.2 Å². The van der Waals surface area contributed by atoms with E-state index in [1.807, 2.05) is 24.3 Å². The summed E-state index contributed by atoms with van der Waals surface area (Å²) in [4.78, 5) is 22.4. The molecule has 2 aromatic carbocycles. The number of carbonyl (C=O) groups is 1. The number of nitriles is 2. The van der Waals surface area contributed by atoms with Crippen LogP contribution in [-0.4, -0.2) is 67.8 Å². The minimum Gasteiger partial charge on any atom is -0.302 e. The fourth-order valence-corrected chi connectivity index (χ4v) is 6.63. The van der Waals surface area contributed by atoms with Gasteiger partial charge in [-0.15, -0.1) is 0 Å². The van der Waals surface area contributed by atoms with Crippen LogP contribution in [0.4, 0.5) is 5.13 Å². The quantitative estimate of drug-likeness (QED) is 0.278. The van der Waals surface area contributed by atoms with Gasteiger partial charge < -0.3 is 4.90 Å². The van der Waals surface area contributed by atoms with Crippen LogP contribution >= 0.6 is 11.3 Å². The van der Waals surface area contributed by atoms with Crippen LogP contribution < -0.4 is 4.90 Å². The molecule has 0 bridgehead atoms. The van der Waals surface area contributed by atoms with E-state index in [4.69, 9.17) is 15.5 Å². The second-order valence-electron chi connectivity index (χ2n) is 8.88. The van der Waals surface area contributed by atoms with Crippen LogP contribution in [0.15, 0.2) is 47.4 Å². The Morgan fingerprint density at radius 2 is 1.56 bits per heavy atom. The Morgan fingerprint density at radius 3 is 2.13 bits per heavy atom. The van der Waals surface area contributed by atoms with Gasteiger partial charge in [-0.25, -0.2) is 13.4 Å². The number of aromatic nitrogens is 1. The zero-order chi connectivity index (χ0) is 28.4. The molecule has 11 heteroatoms. The lowest BCUT2D eigenvalue weighted by Crippen LogP contribution is -2.39. The van der Waals surface area contributed by atoms with E-state index in [1.165, 1.54) is 41.2 Å². The SMILES string of the molecule is CCc1ccc2nc(N(CCN(CC)CC)C(=O)c3ccc(S(=O)(=O)N(CCC#N)CCC#N)cc3)sc2c1. The summed E-state index contributed by atoms with van der Waals surface area (Å²) >= 11 is 1.47. The molecule has 3 rings (SSSR count). The molecule has 0 N–H and O–H groups in total. The van der Waals surface area contributed by atoms with Gasteiger partial charge in [0, 0.05) is 44.6 Å². The summed E-state index contributed by atoms with van der Waals surface area (Å²) in [5.41, 5.74) is 2.39. The maximum absolute atomic E-state index is 13.8. The van der Waals surface area contributed by atoms with Crippen molar-refractivity contribution in [3.8, 4) is 12.1 Å². The second kappa shape index (κ2) is 14.2. The predicted octanol–water partition coefficient (Wildman–Crippen LogP) is 4.67. The first kappa shape index (κ1) is 30.2. The molecule has 0 aliphatic heterocycles. The molecular formula is C28H34N6O3S2. The highest BCUT2D eigenvalue weighted by atomic mass is 32.2. The number of benzene rings is 2. The minimum atomic E-state index is -3.92. The molecule has 0 spiro atoms. The van der Waals surface area contributed by atoms with Gasteiger partial charge in [0.1, 0.15) is 0 Å². The number of anilines is 1. The van der Waals surface area contributed by atoms with E-state index in [-0.39, 0.29) is 36.7 Å². The van der Waals surface area contributed by atoms with Crippen LogP contribution in [0, 0.1) is 22.7 Å². The molecule has 0 saturated carbocycles. The van der Waals surface area contributed by atoms with Crippen molar-refractivity contribution in [2.75, 3.05) is 44.2 Å². The standard InChI is InChI=1S/C28H34N6O3S2/c1-4-22-9-14-25-26(21-22)38-28(31-25)34(20-19-32(5-2)6-3)27(35)23-10-12-24(13-11-23)39(36,37)33(17-7-15-29)18-8-16-30/h9-14,21H,4-8,17-20H2,1-3H3. The van der Waals surface area contributed by atoms with Crippen LogP contribution in [0.1, 0.15) is 49.5 Å². The maximum Gasteiger partial charge on any atom is 0.260 e. The average Bonchev–Trinajstić information content (AvgIpc) is 3.38. The van der Waals surface area contributed by atoms with E-state index in [9.17, 15) is 13.2 Å². The van der Waals surface area contributed by atoms with Crippen molar-refractivity contribution in [1.82, 2.24) is 14.2 Å². The third-order valence-corrected chi connectivity index (χ3v) is 9.50. The van der Waals surface area contributed by atoms with Gasteiger partial charge in [0.2, 0.25) is 10.0 Å². The van der Waals surface area contributed by atoms with E-state index in [1.54, 1.807) is 4.90 Å². The minimum absolute atomic E-state index is 0.00230. The third-order valence-electron chi connectivity index (χ3n) is 6.55. The van der Waals surface area contributed by atoms with Crippen LogP contribution in [0.5, 0.6) is 0 Å². The number of fused-ring (bicyclic) bond motifs is 1. The van der Waals surface area contributed by atoms with Crippen LogP contribution in [0.25, 0.3) is 10.2 Å². The first-order valence-electron chi connectivity index (χ1n) is 13.1. The maximum atomic E-state index is 13.8. The Morgan fingerprint density at radius 1 is 0.923 bits per heavy atom. The van der Waals surface area contributed by atoms with Gasteiger partial charge in [0.05, 0.1) is 27.3 Å². The van der Waals surface area contributed by atoms with Gasteiger partial charge in [0.15, 0.2) is 5.13 Å². The molecule has 1 heterocycles. The number of sulfonamides is 1. The van der Waals surface area contributed by atoms with Gasteiger partial charge >= 0.3 is 0 Å². The fraction of sp³-hybridized carbons (Fsp3) is 0.429. The monoisotopic (exact) mass is 566 g/mol. The lowest BCUT2D eigenvalue weighted by atomic mass is 10.2. The predicted molar refractivity (Wildman–Crippen MR) is 154 cm³/mol. The van der Waals surface area contributed by atoms with Crippen LogP contribution in [0.2, 0.25) is 0 Å². The Kier molecular flexibility index (Phi) is 11.0. The van der Waals surface area contributed by atoms with Crippen LogP contribution in [-0.2, 0) is 16.4 Å². The molecule has 0 radical (unpaired) electrons. The van der Waals surface area contributed by atoms with Crippen LogP contribution in [0.3, 0.4) is 0 Å². The van der Waals surface area contributed by atoms with Crippen molar-refractivity contribution in [2.24, 2.45) is 0 Å². The first-order chi connectivity index (χ1) is 18.8. The van der Waals surface area contributed by atoms with E-state index in [0.717, 1.165) is 34.0 Å². The molecule has 3 aromatic rings. The zero-order valence-electron chi connectivity index (χ0n) is 22.6. The van der Waals surface area contributed by atoms with E-state index < -0.39 is 10.0 Å². The summed E-state index contributed by atoms with van der Waals surface area (Å²) in [5, 5.41) is 18.4. The Labute approximate surface area is 234 Å². The fourth-order valence-electron chi connectivity index (χ4n) is 4.13. The number of aryl methyl sites for hydroxylation is 1. The summed E-state index contributed by atoms with van der Waals surface area (Å²) < 4.78 is 28.5. The number of hydrogen-bond donors (Lipinski definition) is 0. The van der Waals surface area contributed by atoms with E-state index in [2.05, 4.69) is 31.7 Å². The number of nitrogens with zero attached hydrogens (tertiary/aromatic N) is 6. The number of carbonyl (C=O) groups excluding carboxylic acids is 1. The Hall–Kier alpha value is -3.35. The smallest absolute Gasteiger partial charge is 0.260 e. The summed E-state index contributed by atoms with van der Waals surface area (Å²) in [5.74, 6) is -0.258. The molecule has 1 aromatic heterocycles. The van der Waals surface area contributed by atoms with Gasteiger partial charge in [-0.05, 0) is 61.5 Å². The molecule has 0 atom stereocenters. The van der Waals surface area contributed by atoms with Crippen molar-refractivity contribution in [2.45, 2.75) is 44.9 Å². The van der Waals surface area contributed by atoms with Crippen molar-refractivity contribution in [3.63, 3.8) is 0 Å². The number of hydrogen-bond acceptors (Lipinski definition) is 8. The zero-order valence-corrected chi connectivity index (χ0v) is 24.3. The number of likely N-dealkylation sites (N-methyl/N-ethyl adjacent to an activating group) is 1. The molecule has 1 amide bonds. The topological polar surface area (TPSA) is 121 Å². The number of amides is 1. The highest BCUT2D eigenvalue weighted by molar-refractivity contribution is 7.89. The van der Waals surface area contributed by atoms with Gasteiger partial charge in [0.25, 0.3) is 5.91 Å². The van der Waals surface area contributed by atoms with Gasteiger partial charge in [-0.2, -0.15) is 14.8 Å². The molecule has 39 heavy (non-hydrogen) atoms. The highest BCUT2D eigenvalue weighted by Crippen LogP contribution is 2.31. The highest BCUT2D eigenvalue weighted by Gasteiger charge is 2.26. The second-order valence-corrected chi connectivity index (χ2v) is 11.8. The Bertz CT molecular complexity index is 1430. The summed E-state index contributed by atoms with van der Waals surface area (Å²) in [6.07, 6.45) is 0.947. The molecule has 0 unspecified atom stereocenters. The number of rotatable bonds is 14. The Balaban J connectivity index is 1.92. The van der Waals surface area contributed by atoms with E-state index in [0.29, 0.717) is 23.8 Å². The third kappa shape index (κ3) is 7.40. The number of thiazole rings is 1. The molecule has 0 fully saturated rings. The van der Waals surface area contributed by atoms with Gasteiger partial charge in [-0.3, -0.25) is 9.69 Å². The van der Waals surface area contributed by atoms with Crippen molar-refractivity contribution in [3.05, 3.63) is 53.6 Å². The first-order valence-corrected chi connectivity index (χ1v) is 15.3.